The van der Waals surface area contributed by atoms with E-state index >= 15 is 0 Å². The fourth-order valence-electron chi connectivity index (χ4n) is 1.99. The van der Waals surface area contributed by atoms with Crippen LogP contribution < -0.4 is 5.32 Å². The number of nitriles is 1. The minimum Gasteiger partial charge on any atom is -0.388 e. The van der Waals surface area contributed by atoms with E-state index in [2.05, 4.69) is 11.4 Å². The maximum atomic E-state index is 11.8. The highest BCUT2D eigenvalue weighted by atomic mass is 16.3. The Bertz CT molecular complexity index is 647. The van der Waals surface area contributed by atoms with Gasteiger partial charge >= 0.3 is 0 Å². The summed E-state index contributed by atoms with van der Waals surface area (Å²) in [5.74, 6) is -0.228. The zero-order chi connectivity index (χ0) is 15.1. The van der Waals surface area contributed by atoms with Gasteiger partial charge in [-0.25, -0.2) is 0 Å². The molecule has 2 aromatic carbocycles. The van der Waals surface area contributed by atoms with Crippen LogP contribution in [0.1, 0.15) is 29.2 Å². The first-order chi connectivity index (χ1) is 10.2. The number of hydrogen-bond donors (Lipinski definition) is 2. The van der Waals surface area contributed by atoms with Crippen molar-refractivity contribution in [3.05, 3.63) is 71.3 Å². The van der Waals surface area contributed by atoms with E-state index in [9.17, 15) is 9.90 Å². The smallest absolute Gasteiger partial charge is 0.223 e. The number of benzene rings is 2. The Morgan fingerprint density at radius 2 is 1.95 bits per heavy atom. The Kier molecular flexibility index (Phi) is 5.08. The van der Waals surface area contributed by atoms with Crippen LogP contribution in [-0.4, -0.2) is 11.0 Å². The van der Waals surface area contributed by atoms with E-state index in [1.54, 1.807) is 30.3 Å². The molecule has 0 saturated carbocycles. The molecule has 2 rings (SSSR count). The van der Waals surface area contributed by atoms with Gasteiger partial charge in [-0.15, -0.1) is 0 Å². The average molecular weight is 280 g/mol. The summed E-state index contributed by atoms with van der Waals surface area (Å²) < 4.78 is 0. The monoisotopic (exact) mass is 280 g/mol. The number of rotatable bonds is 5. The van der Waals surface area contributed by atoms with Crippen molar-refractivity contribution in [3.63, 3.8) is 0 Å². The van der Waals surface area contributed by atoms with Gasteiger partial charge in [0.1, 0.15) is 0 Å². The van der Waals surface area contributed by atoms with Gasteiger partial charge in [-0.2, -0.15) is 5.26 Å². The predicted octanol–water partition coefficient (Wildman–Crippen LogP) is 2.30. The topological polar surface area (TPSA) is 73.1 Å². The molecule has 1 atom stereocenters. The van der Waals surface area contributed by atoms with Crippen molar-refractivity contribution >= 4 is 5.91 Å². The van der Waals surface area contributed by atoms with Gasteiger partial charge in [0, 0.05) is 6.54 Å². The third kappa shape index (κ3) is 4.44. The second kappa shape index (κ2) is 7.22. The van der Waals surface area contributed by atoms with Gasteiger partial charge in [-0.1, -0.05) is 42.5 Å². The predicted molar refractivity (Wildman–Crippen MR) is 79.0 cm³/mol. The zero-order valence-corrected chi connectivity index (χ0v) is 11.5. The Hall–Kier alpha value is -2.64. The second-order valence-corrected chi connectivity index (χ2v) is 4.72. The fraction of sp³-hybridized carbons (Fsp3) is 0.176. The van der Waals surface area contributed by atoms with Crippen molar-refractivity contribution in [3.8, 4) is 6.07 Å². The number of amides is 1. The number of nitrogens with zero attached hydrogens (tertiary/aromatic N) is 1. The lowest BCUT2D eigenvalue weighted by atomic mass is 10.1. The van der Waals surface area contributed by atoms with Crippen LogP contribution in [0.5, 0.6) is 0 Å². The molecule has 1 amide bonds. The molecule has 4 nitrogen and oxygen atoms in total. The highest BCUT2D eigenvalue weighted by Crippen LogP contribution is 2.15. The molecule has 1 unspecified atom stereocenters. The number of aliphatic hydroxyl groups is 1. The summed E-state index contributed by atoms with van der Waals surface area (Å²) >= 11 is 0. The zero-order valence-electron chi connectivity index (χ0n) is 11.5. The number of aliphatic hydroxyl groups excluding tert-OH is 1. The fourth-order valence-corrected chi connectivity index (χ4v) is 1.99. The Morgan fingerprint density at radius 1 is 1.19 bits per heavy atom. The van der Waals surface area contributed by atoms with Crippen LogP contribution in [0.4, 0.5) is 0 Å². The van der Waals surface area contributed by atoms with Gasteiger partial charge in [-0.05, 0) is 23.3 Å². The van der Waals surface area contributed by atoms with E-state index in [-0.39, 0.29) is 12.3 Å². The summed E-state index contributed by atoms with van der Waals surface area (Å²) in [5.41, 5.74) is 2.14. The molecule has 0 radical (unpaired) electrons. The van der Waals surface area contributed by atoms with E-state index in [4.69, 9.17) is 5.26 Å². The van der Waals surface area contributed by atoms with Gasteiger partial charge in [0.05, 0.1) is 24.2 Å². The highest BCUT2D eigenvalue weighted by Gasteiger charge is 2.12. The maximum Gasteiger partial charge on any atom is 0.223 e. The molecule has 0 aliphatic heterocycles. The minimum absolute atomic E-state index is 0.0158. The van der Waals surface area contributed by atoms with Crippen molar-refractivity contribution in [2.45, 2.75) is 19.1 Å². The van der Waals surface area contributed by atoms with E-state index in [1.807, 2.05) is 24.3 Å². The second-order valence-electron chi connectivity index (χ2n) is 4.72. The molecule has 4 heteroatoms. The normalized spacial score (nSPS) is 11.4. The van der Waals surface area contributed by atoms with Gasteiger partial charge in [0.2, 0.25) is 5.91 Å². The molecule has 0 saturated heterocycles. The molecule has 2 N–H and O–H groups in total. The van der Waals surface area contributed by atoms with Gasteiger partial charge in [0.25, 0.3) is 0 Å². The summed E-state index contributed by atoms with van der Waals surface area (Å²) in [6.07, 6.45) is -0.793. The van der Waals surface area contributed by atoms with Crippen LogP contribution in [-0.2, 0) is 11.3 Å². The first-order valence-electron chi connectivity index (χ1n) is 6.68. The lowest BCUT2D eigenvalue weighted by Gasteiger charge is -2.11. The highest BCUT2D eigenvalue weighted by molar-refractivity contribution is 5.76. The molecule has 0 aliphatic rings. The maximum absolute atomic E-state index is 11.8. The van der Waals surface area contributed by atoms with Crippen molar-refractivity contribution in [2.75, 3.05) is 0 Å². The van der Waals surface area contributed by atoms with Crippen LogP contribution in [0.15, 0.2) is 54.6 Å². The van der Waals surface area contributed by atoms with Crippen molar-refractivity contribution in [1.29, 1.82) is 5.26 Å². The number of carbonyl (C=O) groups is 1. The van der Waals surface area contributed by atoms with Gasteiger partial charge in [0.15, 0.2) is 0 Å². The van der Waals surface area contributed by atoms with E-state index in [1.165, 1.54) is 0 Å². The minimum atomic E-state index is -0.809. The summed E-state index contributed by atoms with van der Waals surface area (Å²) in [5, 5.41) is 21.5. The van der Waals surface area contributed by atoms with E-state index in [0.717, 1.165) is 11.1 Å². The molecule has 106 valence electrons. The van der Waals surface area contributed by atoms with Crippen LogP contribution in [0, 0.1) is 11.3 Å². The summed E-state index contributed by atoms with van der Waals surface area (Å²) in [7, 11) is 0. The lowest BCUT2D eigenvalue weighted by Crippen LogP contribution is -2.24. The SMILES string of the molecule is N#Cc1cccc(CNC(=O)CC(O)c2ccccc2)c1. The third-order valence-corrected chi connectivity index (χ3v) is 3.11. The summed E-state index contributed by atoms with van der Waals surface area (Å²) in [6, 6.07) is 18.2. The van der Waals surface area contributed by atoms with E-state index < -0.39 is 6.10 Å². The molecule has 0 bridgehead atoms. The number of carbonyl (C=O) groups excluding carboxylic acids is 1. The Labute approximate surface area is 123 Å². The summed E-state index contributed by atoms with van der Waals surface area (Å²) in [4.78, 5) is 11.8. The number of hydrogen-bond acceptors (Lipinski definition) is 3. The van der Waals surface area contributed by atoms with Crippen LogP contribution in [0.25, 0.3) is 0 Å². The quantitative estimate of drug-likeness (QED) is 0.882. The molecule has 21 heavy (non-hydrogen) atoms. The molecule has 0 spiro atoms. The van der Waals surface area contributed by atoms with Crippen molar-refractivity contribution < 1.29 is 9.90 Å². The van der Waals surface area contributed by atoms with Crippen LogP contribution in [0.3, 0.4) is 0 Å². The number of nitrogens with one attached hydrogen (secondary N) is 1. The first-order valence-corrected chi connectivity index (χ1v) is 6.68. The Balaban J connectivity index is 1.86. The largest absolute Gasteiger partial charge is 0.388 e. The van der Waals surface area contributed by atoms with Crippen LogP contribution >= 0.6 is 0 Å². The van der Waals surface area contributed by atoms with Crippen molar-refractivity contribution in [2.24, 2.45) is 0 Å². The molecule has 0 aliphatic carbocycles. The first kappa shape index (κ1) is 14.8. The van der Waals surface area contributed by atoms with Crippen molar-refractivity contribution in [1.82, 2.24) is 5.32 Å². The lowest BCUT2D eigenvalue weighted by molar-refractivity contribution is -0.123. The summed E-state index contributed by atoms with van der Waals surface area (Å²) in [6.45, 7) is 0.343. The van der Waals surface area contributed by atoms with E-state index in [0.29, 0.717) is 12.1 Å². The third-order valence-electron chi connectivity index (χ3n) is 3.11. The molecule has 2 aromatic rings. The Morgan fingerprint density at radius 3 is 2.67 bits per heavy atom. The standard InChI is InChI=1S/C17H16N2O2/c18-11-13-5-4-6-14(9-13)12-19-17(21)10-16(20)15-7-2-1-3-8-15/h1-9,16,20H,10,12H2,(H,19,21). The average Bonchev–Trinajstić information content (AvgIpc) is 2.54. The molecule has 0 aromatic heterocycles. The van der Waals surface area contributed by atoms with Gasteiger partial charge < -0.3 is 10.4 Å². The molecular weight excluding hydrogens is 264 g/mol. The molecule has 0 heterocycles. The van der Waals surface area contributed by atoms with Crippen LogP contribution in [0.2, 0.25) is 0 Å². The molecule has 0 fully saturated rings. The van der Waals surface area contributed by atoms with Gasteiger partial charge in [-0.3, -0.25) is 4.79 Å². The molecular formula is C17H16N2O2.